The molecule has 1 saturated heterocycles. The van der Waals surface area contributed by atoms with Crippen molar-refractivity contribution < 1.29 is 9.59 Å². The highest BCUT2D eigenvalue weighted by molar-refractivity contribution is 6.31. The summed E-state index contributed by atoms with van der Waals surface area (Å²) in [5.41, 5.74) is 3.53. The van der Waals surface area contributed by atoms with Gasteiger partial charge in [0.15, 0.2) is 0 Å². The minimum Gasteiger partial charge on any atom is -0.355 e. The molecule has 2 unspecified atom stereocenters. The maximum absolute atomic E-state index is 14.0. The molecule has 0 aliphatic carbocycles. The van der Waals surface area contributed by atoms with Crippen LogP contribution in [0.5, 0.6) is 0 Å². The van der Waals surface area contributed by atoms with Crippen LogP contribution in [0.25, 0.3) is 0 Å². The molecule has 0 radical (unpaired) electrons. The monoisotopic (exact) mass is 464 g/mol. The Morgan fingerprint density at radius 2 is 1.59 bits per heavy atom. The van der Waals surface area contributed by atoms with Crippen molar-refractivity contribution in [3.8, 4) is 0 Å². The molecule has 0 bridgehead atoms. The summed E-state index contributed by atoms with van der Waals surface area (Å²) in [6.45, 7) is 2.39. The molecule has 2 aliphatic heterocycles. The van der Waals surface area contributed by atoms with E-state index in [2.05, 4.69) is 16.7 Å². The van der Waals surface area contributed by atoms with Gasteiger partial charge in [0.25, 0.3) is 0 Å². The van der Waals surface area contributed by atoms with Crippen molar-refractivity contribution in [2.75, 3.05) is 11.9 Å². The Bertz CT molecular complexity index is 1240. The first-order valence-electron chi connectivity index (χ1n) is 10.6. The van der Waals surface area contributed by atoms with Gasteiger partial charge >= 0.3 is 0 Å². The zero-order valence-electron chi connectivity index (χ0n) is 17.5. The molecule has 5 rings (SSSR count). The lowest BCUT2D eigenvalue weighted by Crippen LogP contribution is -2.46. The Morgan fingerprint density at radius 3 is 2.34 bits per heavy atom. The van der Waals surface area contributed by atoms with Crippen LogP contribution in [-0.2, 0) is 15.0 Å². The fourth-order valence-corrected chi connectivity index (χ4v) is 5.80. The minimum atomic E-state index is -1.00. The number of anilines is 1. The maximum atomic E-state index is 14.0. The summed E-state index contributed by atoms with van der Waals surface area (Å²) in [4.78, 5) is 26.9. The molecule has 2 amide bonds. The fourth-order valence-electron chi connectivity index (χ4n) is 5.43. The molecule has 2 N–H and O–H groups in total. The molecule has 0 aromatic heterocycles. The largest absolute Gasteiger partial charge is 0.355 e. The number of carbonyl (C=O) groups excluding carboxylic acids is 2. The van der Waals surface area contributed by atoms with Gasteiger partial charge in [-0.15, -0.1) is 0 Å². The minimum absolute atomic E-state index is 0.0836. The van der Waals surface area contributed by atoms with E-state index in [1.54, 1.807) is 12.1 Å². The Labute approximate surface area is 196 Å². The number of hydrogen-bond acceptors (Lipinski definition) is 2. The first-order chi connectivity index (χ1) is 15.4. The summed E-state index contributed by atoms with van der Waals surface area (Å²) in [5.74, 6) is -0.889. The lowest BCUT2D eigenvalue weighted by Gasteiger charge is -2.41. The Hall–Kier alpha value is -2.82. The number of hydrogen-bond donors (Lipinski definition) is 2. The van der Waals surface area contributed by atoms with Crippen molar-refractivity contribution in [1.82, 2.24) is 5.32 Å². The normalized spacial score (nSPS) is 24.6. The lowest BCUT2D eigenvalue weighted by molar-refractivity contribution is -0.123. The number of fused-ring (bicyclic) bond motifs is 2. The molecule has 0 saturated carbocycles. The summed E-state index contributed by atoms with van der Waals surface area (Å²) >= 11 is 12.6. The number of halogens is 2. The van der Waals surface area contributed by atoms with Gasteiger partial charge in [-0.05, 0) is 47.9 Å². The van der Waals surface area contributed by atoms with Crippen LogP contribution in [0.4, 0.5) is 5.69 Å². The van der Waals surface area contributed by atoms with Crippen molar-refractivity contribution in [2.45, 2.75) is 30.6 Å². The smallest absolute Gasteiger partial charge is 0.236 e. The average Bonchev–Trinajstić information content (AvgIpc) is 2.93. The average molecular weight is 465 g/mol. The summed E-state index contributed by atoms with van der Waals surface area (Å²) in [6.07, 6.45) is 0.179. The first-order valence-corrected chi connectivity index (χ1v) is 11.4. The maximum Gasteiger partial charge on any atom is 0.236 e. The van der Waals surface area contributed by atoms with E-state index < -0.39 is 11.3 Å². The Balaban J connectivity index is 1.83. The number of nitrogens with one attached hydrogen (secondary N) is 2. The van der Waals surface area contributed by atoms with E-state index in [9.17, 15) is 9.59 Å². The third-order valence-corrected chi connectivity index (χ3v) is 7.21. The van der Waals surface area contributed by atoms with E-state index >= 15 is 0 Å². The number of aryl methyl sites for hydroxylation is 1. The molecule has 1 spiro atoms. The first kappa shape index (κ1) is 21.0. The molecule has 6 heteroatoms. The standard InChI is InChI=1S/C26H22Cl2N2O2/c1-15-4-2-5-16(10-15)22-14-29-24(31)13-21(17-6-3-7-18(27)11-17)26(22)20-9-8-19(28)12-23(20)30-25(26)32/h2-12,21-22H,13-14H2,1H3,(H,29,31)(H,30,32)/t21-,22?,26?/m1/s1. The molecule has 162 valence electrons. The van der Waals surface area contributed by atoms with E-state index in [0.29, 0.717) is 22.3 Å². The quantitative estimate of drug-likeness (QED) is 0.519. The Kier molecular flexibility index (Phi) is 5.23. The van der Waals surface area contributed by atoms with Crippen LogP contribution in [0.3, 0.4) is 0 Å². The fraction of sp³-hybridized carbons (Fsp3) is 0.231. The van der Waals surface area contributed by atoms with Crippen molar-refractivity contribution in [3.63, 3.8) is 0 Å². The predicted octanol–water partition coefficient (Wildman–Crippen LogP) is 5.58. The molecule has 4 nitrogen and oxygen atoms in total. The van der Waals surface area contributed by atoms with Crippen molar-refractivity contribution >= 4 is 40.7 Å². The second-order valence-electron chi connectivity index (χ2n) is 8.60. The predicted molar refractivity (Wildman–Crippen MR) is 127 cm³/mol. The van der Waals surface area contributed by atoms with Crippen LogP contribution >= 0.6 is 23.2 Å². The van der Waals surface area contributed by atoms with Crippen LogP contribution in [-0.4, -0.2) is 18.4 Å². The molecule has 32 heavy (non-hydrogen) atoms. The van der Waals surface area contributed by atoms with E-state index in [1.165, 1.54) is 0 Å². The number of carbonyl (C=O) groups is 2. The van der Waals surface area contributed by atoms with E-state index in [4.69, 9.17) is 23.2 Å². The van der Waals surface area contributed by atoms with Crippen molar-refractivity contribution in [2.24, 2.45) is 0 Å². The molecular formula is C26H22Cl2N2O2. The number of rotatable bonds is 2. The van der Waals surface area contributed by atoms with Gasteiger partial charge in [0, 0.05) is 40.5 Å². The van der Waals surface area contributed by atoms with Crippen LogP contribution in [0.2, 0.25) is 10.0 Å². The van der Waals surface area contributed by atoms with Crippen LogP contribution in [0.1, 0.15) is 40.5 Å². The topological polar surface area (TPSA) is 58.2 Å². The molecule has 2 heterocycles. The SMILES string of the molecule is Cc1cccc(C2CNC(=O)C[C@H](c3cccc(Cl)c3)C23C(=O)Nc2cc(Cl)ccc23)c1. The van der Waals surface area contributed by atoms with Crippen molar-refractivity contribution in [1.29, 1.82) is 0 Å². The summed E-state index contributed by atoms with van der Waals surface area (Å²) in [5, 5.41) is 7.26. The molecule has 2 aliphatic rings. The highest BCUT2D eigenvalue weighted by Crippen LogP contribution is 2.57. The van der Waals surface area contributed by atoms with Crippen LogP contribution in [0, 0.1) is 6.92 Å². The second kappa shape index (κ2) is 7.95. The van der Waals surface area contributed by atoms with Crippen LogP contribution < -0.4 is 10.6 Å². The highest BCUT2D eigenvalue weighted by Gasteiger charge is 2.59. The van der Waals surface area contributed by atoms with Crippen LogP contribution in [0.15, 0.2) is 66.7 Å². The van der Waals surface area contributed by atoms with Gasteiger partial charge in [0.1, 0.15) is 0 Å². The van der Waals surface area contributed by atoms with Crippen molar-refractivity contribution in [3.05, 3.63) is 99.0 Å². The second-order valence-corrected chi connectivity index (χ2v) is 9.47. The summed E-state index contributed by atoms with van der Waals surface area (Å²) in [6, 6.07) is 21.2. The zero-order valence-corrected chi connectivity index (χ0v) is 19.0. The van der Waals surface area contributed by atoms with Gasteiger partial charge < -0.3 is 10.6 Å². The molecule has 3 aromatic rings. The van der Waals surface area contributed by atoms with Gasteiger partial charge in [-0.1, -0.05) is 71.2 Å². The zero-order chi connectivity index (χ0) is 22.5. The molecule has 3 atom stereocenters. The Morgan fingerprint density at radius 1 is 0.875 bits per heavy atom. The molecular weight excluding hydrogens is 443 g/mol. The number of amides is 2. The molecule has 3 aromatic carbocycles. The third-order valence-electron chi connectivity index (χ3n) is 6.74. The lowest BCUT2D eigenvalue weighted by atomic mass is 9.59. The van der Waals surface area contributed by atoms with Gasteiger partial charge in [0.05, 0.1) is 5.41 Å². The van der Waals surface area contributed by atoms with E-state index in [1.807, 2.05) is 55.5 Å². The third kappa shape index (κ3) is 3.30. The van der Waals surface area contributed by atoms with Gasteiger partial charge in [-0.25, -0.2) is 0 Å². The molecule has 1 fully saturated rings. The van der Waals surface area contributed by atoms with Gasteiger partial charge in [-0.3, -0.25) is 9.59 Å². The summed E-state index contributed by atoms with van der Waals surface area (Å²) < 4.78 is 0. The number of benzene rings is 3. The van der Waals surface area contributed by atoms with E-state index in [0.717, 1.165) is 22.3 Å². The van der Waals surface area contributed by atoms with Gasteiger partial charge in [0.2, 0.25) is 11.8 Å². The summed E-state index contributed by atoms with van der Waals surface area (Å²) in [7, 11) is 0. The van der Waals surface area contributed by atoms with Gasteiger partial charge in [-0.2, -0.15) is 0 Å². The highest BCUT2D eigenvalue weighted by atomic mass is 35.5. The van der Waals surface area contributed by atoms with E-state index in [-0.39, 0.29) is 24.2 Å².